The van der Waals surface area contributed by atoms with E-state index in [0.717, 1.165) is 31.6 Å². The number of likely N-dealkylation sites (tertiary alicyclic amines) is 1. The number of ether oxygens (including phenoxy) is 1. The first-order chi connectivity index (χ1) is 12.6. The summed E-state index contributed by atoms with van der Waals surface area (Å²) in [4.78, 5) is 18.2. The van der Waals surface area contributed by atoms with Gasteiger partial charge in [-0.25, -0.2) is 9.78 Å². The molecule has 2 aliphatic rings. The van der Waals surface area contributed by atoms with Gasteiger partial charge in [0.05, 0.1) is 11.6 Å². The first kappa shape index (κ1) is 19.1. The van der Waals surface area contributed by atoms with Gasteiger partial charge in [-0.1, -0.05) is 24.4 Å². The van der Waals surface area contributed by atoms with Crippen molar-refractivity contribution < 1.29 is 13.9 Å². The summed E-state index contributed by atoms with van der Waals surface area (Å²) in [5.41, 5.74) is 0.421. The highest BCUT2D eigenvalue weighted by atomic mass is 35.5. The van der Waals surface area contributed by atoms with Crippen LogP contribution in [0.5, 0.6) is 0 Å². The van der Waals surface area contributed by atoms with Crippen molar-refractivity contribution >= 4 is 29.5 Å². The van der Waals surface area contributed by atoms with E-state index in [1.165, 1.54) is 31.9 Å². The van der Waals surface area contributed by atoms with Crippen LogP contribution in [-0.2, 0) is 9.53 Å². The zero-order chi connectivity index (χ0) is 18.5. The minimum absolute atomic E-state index is 0.126. The lowest BCUT2D eigenvalue weighted by atomic mass is 10.2. The van der Waals surface area contributed by atoms with Crippen molar-refractivity contribution in [3.8, 4) is 0 Å². The molecule has 0 amide bonds. The quantitative estimate of drug-likeness (QED) is 0.595. The van der Waals surface area contributed by atoms with E-state index in [4.69, 9.17) is 11.6 Å². The van der Waals surface area contributed by atoms with Gasteiger partial charge in [0, 0.05) is 31.4 Å². The average molecular weight is 382 g/mol. The molecule has 142 valence electrons. The molecule has 0 spiro atoms. The Kier molecular flexibility index (Phi) is 6.48. The molecule has 1 aromatic rings. The van der Waals surface area contributed by atoms with Crippen LogP contribution in [0.1, 0.15) is 44.6 Å². The second kappa shape index (κ2) is 8.82. The molecule has 1 aliphatic heterocycles. The molecule has 26 heavy (non-hydrogen) atoms. The number of esters is 1. The van der Waals surface area contributed by atoms with Crippen LogP contribution in [0.15, 0.2) is 18.1 Å². The zero-order valence-corrected chi connectivity index (χ0v) is 15.8. The molecule has 0 bridgehead atoms. The third-order valence-corrected chi connectivity index (χ3v) is 5.32. The molecular weight excluding hydrogens is 357 g/mol. The Balaban J connectivity index is 1.59. The molecule has 2 heterocycles. The Morgan fingerprint density at radius 2 is 2.23 bits per heavy atom. The molecule has 5 nitrogen and oxygen atoms in total. The van der Waals surface area contributed by atoms with Crippen molar-refractivity contribution in [2.24, 2.45) is 0 Å². The summed E-state index contributed by atoms with van der Waals surface area (Å²) >= 11 is 6.29. The third kappa shape index (κ3) is 4.74. The highest BCUT2D eigenvalue weighted by Gasteiger charge is 2.30. The molecule has 1 N–H and O–H groups in total. The number of carbonyl (C=O) groups excluding carboxylic acids is 1. The van der Waals surface area contributed by atoms with Crippen LogP contribution in [0, 0.1) is 0 Å². The molecule has 1 aliphatic carbocycles. The van der Waals surface area contributed by atoms with Crippen LogP contribution in [0.2, 0.25) is 5.02 Å². The lowest BCUT2D eigenvalue weighted by Gasteiger charge is -2.23. The van der Waals surface area contributed by atoms with Crippen LogP contribution in [0.25, 0.3) is 6.08 Å². The number of nitrogens with one attached hydrogen (secondary N) is 1. The van der Waals surface area contributed by atoms with E-state index in [-0.39, 0.29) is 6.61 Å². The first-order valence-electron chi connectivity index (χ1n) is 9.27. The van der Waals surface area contributed by atoms with Gasteiger partial charge in [0.25, 0.3) is 0 Å². The molecule has 3 rings (SSSR count). The predicted molar refractivity (Wildman–Crippen MR) is 101 cm³/mol. The Morgan fingerprint density at radius 1 is 1.46 bits per heavy atom. The molecule has 7 heteroatoms. The van der Waals surface area contributed by atoms with E-state index >= 15 is 0 Å². The molecule has 1 atom stereocenters. The minimum atomic E-state index is -0.983. The molecular formula is C19H25ClFN3O2. The van der Waals surface area contributed by atoms with Gasteiger partial charge < -0.3 is 10.1 Å². The fourth-order valence-electron chi connectivity index (χ4n) is 3.74. The maximum atomic E-state index is 13.7. The zero-order valence-electron chi connectivity index (χ0n) is 15.0. The number of nitrogens with zero attached hydrogens (tertiary/aromatic N) is 2. The second-order valence-electron chi connectivity index (χ2n) is 6.87. The maximum Gasteiger partial charge on any atom is 0.367 e. The minimum Gasteiger partial charge on any atom is -0.461 e. The van der Waals surface area contributed by atoms with Crippen LogP contribution < -0.4 is 5.32 Å². The van der Waals surface area contributed by atoms with Gasteiger partial charge >= 0.3 is 5.97 Å². The third-order valence-electron chi connectivity index (χ3n) is 5.03. The summed E-state index contributed by atoms with van der Waals surface area (Å²) in [7, 11) is 0. The van der Waals surface area contributed by atoms with Crippen LogP contribution in [0.3, 0.4) is 0 Å². The molecule has 1 saturated carbocycles. The summed E-state index contributed by atoms with van der Waals surface area (Å²) in [5, 5.41) is 3.81. The van der Waals surface area contributed by atoms with Gasteiger partial charge in [0.15, 0.2) is 0 Å². The number of pyridine rings is 1. The van der Waals surface area contributed by atoms with Gasteiger partial charge in [0.1, 0.15) is 5.82 Å². The summed E-state index contributed by atoms with van der Waals surface area (Å²) in [6.45, 7) is 3.86. The van der Waals surface area contributed by atoms with Gasteiger partial charge in [-0.05, 0) is 43.9 Å². The van der Waals surface area contributed by atoms with Gasteiger partial charge in [0.2, 0.25) is 5.83 Å². The standard InChI is InChI=1S/C19H25ClFN3O2/c1-2-26-19(25)17(21)10-13-9-16(20)18(22-11-13)23-14-7-8-24(12-14)15-5-3-4-6-15/h9-11,14-15H,2-8,12H2,1H3,(H,22,23)/b17-10-/t14-/m1/s1. The Morgan fingerprint density at radius 3 is 2.92 bits per heavy atom. The summed E-state index contributed by atoms with van der Waals surface area (Å²) in [5.74, 6) is -1.35. The molecule has 0 radical (unpaired) electrons. The molecule has 0 unspecified atom stereocenters. The van der Waals surface area contributed by atoms with Crippen LogP contribution in [0.4, 0.5) is 10.2 Å². The van der Waals surface area contributed by atoms with Crippen molar-refractivity contribution in [3.63, 3.8) is 0 Å². The van der Waals surface area contributed by atoms with Gasteiger partial charge in [-0.15, -0.1) is 0 Å². The number of hydrogen-bond donors (Lipinski definition) is 1. The first-order valence-corrected chi connectivity index (χ1v) is 9.65. The fourth-order valence-corrected chi connectivity index (χ4v) is 3.97. The number of aromatic nitrogens is 1. The van der Waals surface area contributed by atoms with E-state index in [9.17, 15) is 9.18 Å². The average Bonchev–Trinajstić information content (AvgIpc) is 3.29. The van der Waals surface area contributed by atoms with E-state index in [1.54, 1.807) is 13.0 Å². The van der Waals surface area contributed by atoms with Crippen molar-refractivity contribution in [1.29, 1.82) is 0 Å². The van der Waals surface area contributed by atoms with Crippen LogP contribution in [-0.4, -0.2) is 47.6 Å². The monoisotopic (exact) mass is 381 g/mol. The Bertz CT molecular complexity index is 677. The van der Waals surface area contributed by atoms with Crippen molar-refractivity contribution in [2.45, 2.75) is 51.1 Å². The van der Waals surface area contributed by atoms with E-state index < -0.39 is 11.8 Å². The number of carbonyl (C=O) groups is 1. The Labute approximate surface area is 158 Å². The van der Waals surface area contributed by atoms with E-state index in [1.807, 2.05) is 0 Å². The highest BCUT2D eigenvalue weighted by molar-refractivity contribution is 6.33. The lowest BCUT2D eigenvalue weighted by Crippen LogP contribution is -2.33. The molecule has 0 aromatic carbocycles. The Hall–Kier alpha value is -1.66. The molecule has 1 saturated heterocycles. The fraction of sp³-hybridized carbons (Fsp3) is 0.579. The lowest BCUT2D eigenvalue weighted by molar-refractivity contribution is -0.140. The number of hydrogen-bond acceptors (Lipinski definition) is 5. The second-order valence-corrected chi connectivity index (χ2v) is 7.28. The van der Waals surface area contributed by atoms with Gasteiger partial charge in [-0.3, -0.25) is 4.90 Å². The topological polar surface area (TPSA) is 54.5 Å². The maximum absolute atomic E-state index is 13.7. The predicted octanol–water partition coefficient (Wildman–Crippen LogP) is 4.04. The van der Waals surface area contributed by atoms with E-state index in [0.29, 0.717) is 22.4 Å². The van der Waals surface area contributed by atoms with E-state index in [2.05, 4.69) is 19.9 Å². The summed E-state index contributed by atoms with van der Waals surface area (Å²) < 4.78 is 18.3. The largest absolute Gasteiger partial charge is 0.461 e. The summed E-state index contributed by atoms with van der Waals surface area (Å²) in [6, 6.07) is 2.64. The molecule has 1 aromatic heterocycles. The normalized spacial score (nSPS) is 22.0. The van der Waals surface area contributed by atoms with Crippen LogP contribution >= 0.6 is 11.6 Å². The van der Waals surface area contributed by atoms with Crippen molar-refractivity contribution in [3.05, 3.63) is 28.7 Å². The smallest absolute Gasteiger partial charge is 0.367 e. The summed E-state index contributed by atoms with van der Waals surface area (Å²) in [6.07, 6.45) is 8.92. The SMILES string of the molecule is CCOC(=O)/C(F)=C/c1cnc(N[C@@H]2CCN(C3CCCC3)C2)c(Cl)c1. The number of rotatable bonds is 6. The van der Waals surface area contributed by atoms with Crippen molar-refractivity contribution in [2.75, 3.05) is 25.0 Å². The number of halogens is 2. The number of anilines is 1. The highest BCUT2D eigenvalue weighted by Crippen LogP contribution is 2.29. The van der Waals surface area contributed by atoms with Crippen molar-refractivity contribution in [1.82, 2.24) is 9.88 Å². The molecule has 2 fully saturated rings. The van der Waals surface area contributed by atoms with Gasteiger partial charge in [-0.2, -0.15) is 4.39 Å².